The molecule has 2 aromatic carbocycles. The fourth-order valence-electron chi connectivity index (χ4n) is 2.50. The van der Waals surface area contributed by atoms with E-state index in [9.17, 15) is 0 Å². The summed E-state index contributed by atoms with van der Waals surface area (Å²) in [6.07, 6.45) is 0.974. The van der Waals surface area contributed by atoms with E-state index in [0.29, 0.717) is 17.5 Å². The van der Waals surface area contributed by atoms with Gasteiger partial charge in [0.15, 0.2) is 0 Å². The first-order chi connectivity index (χ1) is 10.2. The zero-order valence-corrected chi connectivity index (χ0v) is 12.4. The number of thiocarbonyl (C=S) groups is 1. The fourth-order valence-corrected chi connectivity index (χ4v) is 2.64. The zero-order chi connectivity index (χ0) is 14.7. The quantitative estimate of drug-likeness (QED) is 0.880. The number of hydrogen-bond donors (Lipinski definition) is 1. The molecule has 108 valence electrons. The van der Waals surface area contributed by atoms with E-state index in [1.807, 2.05) is 42.5 Å². The number of benzene rings is 2. The van der Waals surface area contributed by atoms with Crippen molar-refractivity contribution in [1.82, 2.24) is 0 Å². The number of hydrogen-bond acceptors (Lipinski definition) is 3. The van der Waals surface area contributed by atoms with Crippen molar-refractivity contribution < 1.29 is 9.47 Å². The fraction of sp³-hybridized carbons (Fsp3) is 0.235. The molecule has 0 radical (unpaired) electrons. The Bertz CT molecular complexity index is 639. The number of fused-ring (bicyclic) bond motifs is 1. The van der Waals surface area contributed by atoms with Gasteiger partial charge in [0, 0.05) is 17.0 Å². The molecule has 2 N–H and O–H groups in total. The average Bonchev–Trinajstić information content (AvgIpc) is 2.53. The highest BCUT2D eigenvalue weighted by atomic mass is 32.1. The van der Waals surface area contributed by atoms with Crippen LogP contribution in [-0.4, -0.2) is 18.2 Å². The first kappa shape index (κ1) is 13.9. The van der Waals surface area contributed by atoms with Gasteiger partial charge in [0.05, 0.1) is 13.2 Å². The molecule has 1 aliphatic heterocycles. The van der Waals surface area contributed by atoms with E-state index < -0.39 is 0 Å². The number of rotatable bonds is 4. The van der Waals surface area contributed by atoms with E-state index in [4.69, 9.17) is 27.4 Å². The minimum atomic E-state index is 0.366. The van der Waals surface area contributed by atoms with Gasteiger partial charge in [0.1, 0.15) is 16.5 Å². The highest BCUT2D eigenvalue weighted by Crippen LogP contribution is 2.33. The second-order valence-corrected chi connectivity index (χ2v) is 5.51. The smallest absolute Gasteiger partial charge is 0.122 e. The summed E-state index contributed by atoms with van der Waals surface area (Å²) in [5.74, 6) is 2.17. The molecular formula is C17H17NO2S. The van der Waals surface area contributed by atoms with Crippen LogP contribution in [0.3, 0.4) is 0 Å². The van der Waals surface area contributed by atoms with Crippen molar-refractivity contribution in [2.45, 2.75) is 12.3 Å². The standard InChI is InChI=1S/C17H17NO2S/c18-17(21)12-5-7-14(8-6-12)20-11-13-9-10-19-16-4-2-1-3-15(13)16/h1-8,13H,9-11H2,(H2,18,21). The van der Waals surface area contributed by atoms with Crippen molar-refractivity contribution >= 4 is 17.2 Å². The van der Waals surface area contributed by atoms with Crippen LogP contribution in [0.15, 0.2) is 48.5 Å². The highest BCUT2D eigenvalue weighted by molar-refractivity contribution is 7.80. The average molecular weight is 299 g/mol. The minimum Gasteiger partial charge on any atom is -0.493 e. The molecule has 1 atom stereocenters. The Kier molecular flexibility index (Phi) is 4.06. The molecule has 3 rings (SSSR count). The van der Waals surface area contributed by atoms with Gasteiger partial charge in [0.2, 0.25) is 0 Å². The van der Waals surface area contributed by atoms with Crippen molar-refractivity contribution in [2.75, 3.05) is 13.2 Å². The van der Waals surface area contributed by atoms with Gasteiger partial charge < -0.3 is 15.2 Å². The number of ether oxygens (including phenoxy) is 2. The summed E-state index contributed by atoms with van der Waals surface area (Å²) in [4.78, 5) is 0.403. The van der Waals surface area contributed by atoms with E-state index in [0.717, 1.165) is 30.1 Å². The highest BCUT2D eigenvalue weighted by Gasteiger charge is 2.21. The molecular weight excluding hydrogens is 282 g/mol. The maximum atomic E-state index is 5.90. The van der Waals surface area contributed by atoms with E-state index in [1.165, 1.54) is 5.56 Å². The summed E-state index contributed by atoms with van der Waals surface area (Å²) in [6, 6.07) is 15.7. The molecule has 21 heavy (non-hydrogen) atoms. The Morgan fingerprint density at radius 2 is 1.95 bits per heavy atom. The molecule has 0 amide bonds. The molecule has 0 spiro atoms. The van der Waals surface area contributed by atoms with Gasteiger partial charge >= 0.3 is 0 Å². The number of para-hydroxylation sites is 1. The maximum Gasteiger partial charge on any atom is 0.122 e. The molecule has 1 unspecified atom stereocenters. The molecule has 0 aliphatic carbocycles. The molecule has 3 nitrogen and oxygen atoms in total. The van der Waals surface area contributed by atoms with Gasteiger partial charge in [0.25, 0.3) is 0 Å². The first-order valence-electron chi connectivity index (χ1n) is 6.98. The van der Waals surface area contributed by atoms with Crippen LogP contribution in [0.4, 0.5) is 0 Å². The van der Waals surface area contributed by atoms with Gasteiger partial charge in [-0.3, -0.25) is 0 Å². The number of nitrogens with two attached hydrogens (primary N) is 1. The Morgan fingerprint density at radius 3 is 2.71 bits per heavy atom. The lowest BCUT2D eigenvalue weighted by Crippen LogP contribution is -2.19. The van der Waals surface area contributed by atoms with Crippen LogP contribution in [0.5, 0.6) is 11.5 Å². The third-order valence-electron chi connectivity index (χ3n) is 3.67. The van der Waals surface area contributed by atoms with Crippen LogP contribution < -0.4 is 15.2 Å². The summed E-state index contributed by atoms with van der Waals surface area (Å²) < 4.78 is 11.6. The molecule has 2 aromatic rings. The summed E-state index contributed by atoms with van der Waals surface area (Å²) in [5.41, 5.74) is 7.67. The molecule has 4 heteroatoms. The van der Waals surface area contributed by atoms with Crippen LogP contribution in [0.25, 0.3) is 0 Å². The lowest BCUT2D eigenvalue weighted by Gasteiger charge is -2.25. The molecule has 1 heterocycles. The largest absolute Gasteiger partial charge is 0.493 e. The Balaban J connectivity index is 1.67. The van der Waals surface area contributed by atoms with Gasteiger partial charge in [-0.25, -0.2) is 0 Å². The maximum absolute atomic E-state index is 5.90. The van der Waals surface area contributed by atoms with Crippen molar-refractivity contribution in [3.63, 3.8) is 0 Å². The van der Waals surface area contributed by atoms with E-state index in [-0.39, 0.29) is 0 Å². The Hall–Kier alpha value is -2.07. The lowest BCUT2D eigenvalue weighted by atomic mass is 9.94. The minimum absolute atomic E-state index is 0.366. The molecule has 0 saturated heterocycles. The predicted octanol–water partition coefficient (Wildman–Crippen LogP) is 3.27. The van der Waals surface area contributed by atoms with Gasteiger partial charge in [-0.2, -0.15) is 0 Å². The topological polar surface area (TPSA) is 44.5 Å². The van der Waals surface area contributed by atoms with E-state index in [2.05, 4.69) is 6.07 Å². The summed E-state index contributed by atoms with van der Waals surface area (Å²) >= 11 is 4.94. The van der Waals surface area contributed by atoms with Crippen molar-refractivity contribution in [3.05, 3.63) is 59.7 Å². The van der Waals surface area contributed by atoms with Crippen molar-refractivity contribution in [1.29, 1.82) is 0 Å². The molecule has 0 fully saturated rings. The van der Waals surface area contributed by atoms with Crippen molar-refractivity contribution in [3.8, 4) is 11.5 Å². The summed E-state index contributed by atoms with van der Waals surface area (Å²) in [5, 5.41) is 0. The SMILES string of the molecule is NC(=S)c1ccc(OCC2CCOc3ccccc32)cc1. The molecule has 0 bridgehead atoms. The van der Waals surface area contributed by atoms with Gasteiger partial charge in [-0.1, -0.05) is 30.4 Å². The van der Waals surface area contributed by atoms with Crippen LogP contribution in [0.2, 0.25) is 0 Å². The Morgan fingerprint density at radius 1 is 1.19 bits per heavy atom. The van der Waals surface area contributed by atoms with Crippen LogP contribution in [-0.2, 0) is 0 Å². The Labute approximate surface area is 129 Å². The lowest BCUT2D eigenvalue weighted by molar-refractivity contribution is 0.217. The monoisotopic (exact) mass is 299 g/mol. The summed E-state index contributed by atoms with van der Waals surface area (Å²) in [6.45, 7) is 1.39. The zero-order valence-electron chi connectivity index (χ0n) is 11.6. The molecule has 0 saturated carbocycles. The van der Waals surface area contributed by atoms with E-state index in [1.54, 1.807) is 0 Å². The molecule has 1 aliphatic rings. The third-order valence-corrected chi connectivity index (χ3v) is 3.91. The van der Waals surface area contributed by atoms with Crippen LogP contribution in [0.1, 0.15) is 23.5 Å². The predicted molar refractivity (Wildman–Crippen MR) is 87.1 cm³/mol. The van der Waals surface area contributed by atoms with Crippen molar-refractivity contribution in [2.24, 2.45) is 5.73 Å². The first-order valence-corrected chi connectivity index (χ1v) is 7.39. The van der Waals surface area contributed by atoms with Crippen LogP contribution >= 0.6 is 12.2 Å². The second kappa shape index (κ2) is 6.14. The normalized spacial score (nSPS) is 16.7. The van der Waals surface area contributed by atoms with E-state index >= 15 is 0 Å². The van der Waals surface area contributed by atoms with Gasteiger partial charge in [-0.15, -0.1) is 0 Å². The van der Waals surface area contributed by atoms with Gasteiger partial charge in [-0.05, 0) is 36.8 Å². The second-order valence-electron chi connectivity index (χ2n) is 5.07. The molecule has 0 aromatic heterocycles. The summed E-state index contributed by atoms with van der Waals surface area (Å²) in [7, 11) is 0. The van der Waals surface area contributed by atoms with Crippen LogP contribution in [0, 0.1) is 0 Å². The third kappa shape index (κ3) is 3.16.